The summed E-state index contributed by atoms with van der Waals surface area (Å²) in [5.74, 6) is 0.853. The Morgan fingerprint density at radius 1 is 1.47 bits per heavy atom. The zero-order chi connectivity index (χ0) is 13.1. The number of nitrogens with one attached hydrogen (secondary N) is 1. The van der Waals surface area contributed by atoms with Gasteiger partial charge in [0.1, 0.15) is 0 Å². The molecule has 1 aliphatic rings. The van der Waals surface area contributed by atoms with Crippen LogP contribution in [-0.4, -0.2) is 22.0 Å². The lowest BCUT2D eigenvalue weighted by Gasteiger charge is -2.24. The summed E-state index contributed by atoms with van der Waals surface area (Å²) in [6.07, 6.45) is 12.2. The topological polar surface area (TPSA) is 29.3 Å². The number of aromatic nitrogens is 2. The van der Waals surface area contributed by atoms with E-state index in [0.29, 0.717) is 6.04 Å². The quantitative estimate of drug-likeness (QED) is 0.875. The summed E-state index contributed by atoms with van der Waals surface area (Å²) in [6, 6.07) is 0.618. The van der Waals surface area contributed by atoms with Crippen molar-refractivity contribution in [3.05, 3.63) is 23.5 Å². The van der Waals surface area contributed by atoms with Crippen LogP contribution in [-0.2, 0) is 6.42 Å². The van der Waals surface area contributed by atoms with E-state index in [2.05, 4.69) is 34.4 Å². The largest absolute Gasteiger partial charge is 0.313 e. The van der Waals surface area contributed by atoms with Crippen LogP contribution in [0.5, 0.6) is 0 Å². The van der Waals surface area contributed by atoms with Crippen LogP contribution in [0.1, 0.15) is 44.7 Å². The van der Waals surface area contributed by atoms with Crippen molar-refractivity contribution in [2.75, 3.05) is 6.54 Å². The van der Waals surface area contributed by atoms with Crippen LogP contribution in [0.25, 0.3) is 4.96 Å². The summed E-state index contributed by atoms with van der Waals surface area (Å²) in [5, 5.41) is 5.84. The molecular weight excluding hydrogens is 254 g/mol. The number of hydrogen-bond acceptors (Lipinski definition) is 3. The monoisotopic (exact) mass is 277 g/mol. The Morgan fingerprint density at radius 3 is 3.05 bits per heavy atom. The number of fused-ring (bicyclic) bond motifs is 1. The third-order valence-corrected chi connectivity index (χ3v) is 4.97. The minimum Gasteiger partial charge on any atom is -0.313 e. The predicted molar refractivity (Wildman–Crippen MR) is 80.8 cm³/mol. The Balaban J connectivity index is 1.70. The Labute approximate surface area is 119 Å². The Kier molecular flexibility index (Phi) is 4.18. The third-order valence-electron chi connectivity index (χ3n) is 4.20. The first-order valence-electron chi connectivity index (χ1n) is 7.51. The number of nitrogens with zero attached hydrogens (tertiary/aromatic N) is 2. The van der Waals surface area contributed by atoms with Crippen molar-refractivity contribution < 1.29 is 0 Å². The fourth-order valence-corrected chi connectivity index (χ4v) is 3.91. The molecule has 0 aliphatic heterocycles. The number of imidazole rings is 1. The van der Waals surface area contributed by atoms with Gasteiger partial charge in [0.15, 0.2) is 4.96 Å². The first-order chi connectivity index (χ1) is 9.36. The van der Waals surface area contributed by atoms with Crippen LogP contribution in [0.4, 0.5) is 0 Å². The highest BCUT2D eigenvalue weighted by Crippen LogP contribution is 2.29. The van der Waals surface area contributed by atoms with Crippen molar-refractivity contribution in [1.82, 2.24) is 14.7 Å². The lowest BCUT2D eigenvalue weighted by Crippen LogP contribution is -2.37. The SMILES string of the molecule is CCCNC(Cc1cn2ccsc2n1)C1CCCC1. The molecule has 4 heteroatoms. The summed E-state index contributed by atoms with van der Waals surface area (Å²) in [6.45, 7) is 3.37. The van der Waals surface area contributed by atoms with E-state index < -0.39 is 0 Å². The fraction of sp³-hybridized carbons (Fsp3) is 0.667. The highest BCUT2D eigenvalue weighted by Gasteiger charge is 2.25. The maximum absolute atomic E-state index is 4.73. The zero-order valence-corrected chi connectivity index (χ0v) is 12.5. The van der Waals surface area contributed by atoms with E-state index in [0.717, 1.165) is 23.8 Å². The maximum atomic E-state index is 4.73. The Morgan fingerprint density at radius 2 is 2.32 bits per heavy atom. The van der Waals surface area contributed by atoms with Crippen LogP contribution in [0.3, 0.4) is 0 Å². The van der Waals surface area contributed by atoms with Crippen LogP contribution in [0.2, 0.25) is 0 Å². The van der Waals surface area contributed by atoms with E-state index in [9.17, 15) is 0 Å². The van der Waals surface area contributed by atoms with E-state index in [4.69, 9.17) is 4.98 Å². The minimum atomic E-state index is 0.618. The van der Waals surface area contributed by atoms with E-state index >= 15 is 0 Å². The van der Waals surface area contributed by atoms with Gasteiger partial charge >= 0.3 is 0 Å². The molecular formula is C15H23N3S. The summed E-state index contributed by atoms with van der Waals surface area (Å²) in [4.78, 5) is 5.85. The molecule has 0 radical (unpaired) electrons. The van der Waals surface area contributed by atoms with E-state index in [1.807, 2.05) is 0 Å². The molecule has 1 fully saturated rings. The minimum absolute atomic E-state index is 0.618. The molecule has 1 N–H and O–H groups in total. The van der Waals surface area contributed by atoms with Crippen molar-refractivity contribution in [3.63, 3.8) is 0 Å². The van der Waals surface area contributed by atoms with E-state index in [1.54, 1.807) is 11.3 Å². The van der Waals surface area contributed by atoms with Crippen LogP contribution in [0.15, 0.2) is 17.8 Å². The summed E-state index contributed by atoms with van der Waals surface area (Å²) < 4.78 is 2.14. The van der Waals surface area contributed by atoms with Crippen molar-refractivity contribution >= 4 is 16.3 Å². The maximum Gasteiger partial charge on any atom is 0.193 e. The Bertz CT molecular complexity index is 482. The van der Waals surface area contributed by atoms with Gasteiger partial charge < -0.3 is 5.32 Å². The molecule has 1 unspecified atom stereocenters. The van der Waals surface area contributed by atoms with Gasteiger partial charge in [-0.1, -0.05) is 19.8 Å². The molecule has 0 aromatic carbocycles. The average molecular weight is 277 g/mol. The fourth-order valence-electron chi connectivity index (χ4n) is 3.19. The lowest BCUT2D eigenvalue weighted by molar-refractivity contribution is 0.355. The molecule has 2 aromatic rings. The summed E-state index contributed by atoms with van der Waals surface area (Å²) in [7, 11) is 0. The molecule has 1 aliphatic carbocycles. The van der Waals surface area contributed by atoms with Crippen LogP contribution in [0, 0.1) is 5.92 Å². The highest BCUT2D eigenvalue weighted by molar-refractivity contribution is 7.15. The average Bonchev–Trinajstić information content (AvgIpc) is 3.09. The molecule has 0 amide bonds. The second-order valence-electron chi connectivity index (χ2n) is 5.63. The Hall–Kier alpha value is -0.870. The molecule has 3 rings (SSSR count). The van der Waals surface area contributed by atoms with Gasteiger partial charge in [0.2, 0.25) is 0 Å². The van der Waals surface area contributed by atoms with Gasteiger partial charge in [-0.25, -0.2) is 4.98 Å². The van der Waals surface area contributed by atoms with Gasteiger partial charge in [0, 0.05) is 30.2 Å². The lowest BCUT2D eigenvalue weighted by atomic mass is 9.94. The van der Waals surface area contributed by atoms with Crippen molar-refractivity contribution in [2.24, 2.45) is 5.92 Å². The third kappa shape index (κ3) is 3.00. The standard InChI is InChI=1S/C15H23N3S/c1-2-7-16-14(12-5-3-4-6-12)10-13-11-18-8-9-19-15(18)17-13/h8-9,11-12,14,16H,2-7,10H2,1H3. The number of rotatable bonds is 6. The second kappa shape index (κ2) is 6.06. The van der Waals surface area contributed by atoms with Gasteiger partial charge in [-0.3, -0.25) is 4.40 Å². The molecule has 3 nitrogen and oxygen atoms in total. The van der Waals surface area contributed by atoms with Gasteiger partial charge in [-0.15, -0.1) is 11.3 Å². The molecule has 1 atom stereocenters. The summed E-state index contributed by atoms with van der Waals surface area (Å²) >= 11 is 1.72. The van der Waals surface area contributed by atoms with Crippen molar-refractivity contribution in [3.8, 4) is 0 Å². The zero-order valence-electron chi connectivity index (χ0n) is 11.6. The number of hydrogen-bond donors (Lipinski definition) is 1. The van der Waals surface area contributed by atoms with Crippen LogP contribution >= 0.6 is 11.3 Å². The normalized spacial score (nSPS) is 18.4. The smallest absolute Gasteiger partial charge is 0.193 e. The molecule has 0 saturated heterocycles. The number of thiazole rings is 1. The molecule has 2 aromatic heterocycles. The van der Waals surface area contributed by atoms with Crippen molar-refractivity contribution in [2.45, 2.75) is 51.5 Å². The molecule has 2 heterocycles. The van der Waals surface area contributed by atoms with Gasteiger partial charge in [-0.05, 0) is 31.7 Å². The highest BCUT2D eigenvalue weighted by atomic mass is 32.1. The first kappa shape index (κ1) is 13.1. The molecule has 1 saturated carbocycles. The van der Waals surface area contributed by atoms with Crippen LogP contribution < -0.4 is 5.32 Å². The van der Waals surface area contributed by atoms with Gasteiger partial charge in [-0.2, -0.15) is 0 Å². The molecule has 19 heavy (non-hydrogen) atoms. The summed E-state index contributed by atoms with van der Waals surface area (Å²) in [5.41, 5.74) is 1.24. The predicted octanol–water partition coefficient (Wildman–Crippen LogP) is 3.50. The second-order valence-corrected chi connectivity index (χ2v) is 6.51. The van der Waals surface area contributed by atoms with E-state index in [-0.39, 0.29) is 0 Å². The van der Waals surface area contributed by atoms with Crippen molar-refractivity contribution in [1.29, 1.82) is 0 Å². The first-order valence-corrected chi connectivity index (χ1v) is 8.39. The van der Waals surface area contributed by atoms with Gasteiger partial charge in [0.25, 0.3) is 0 Å². The van der Waals surface area contributed by atoms with Gasteiger partial charge in [0.05, 0.1) is 5.69 Å². The molecule has 104 valence electrons. The van der Waals surface area contributed by atoms with E-state index in [1.165, 1.54) is 37.8 Å². The molecule has 0 bridgehead atoms. The molecule has 0 spiro atoms.